The molecule has 0 spiro atoms. The number of hydrogen-bond donors (Lipinski definition) is 0. The van der Waals surface area contributed by atoms with Crippen molar-refractivity contribution in [3.8, 4) is 0 Å². The van der Waals surface area contributed by atoms with Gasteiger partial charge in [0.1, 0.15) is 6.79 Å². The van der Waals surface area contributed by atoms with Crippen molar-refractivity contribution in [1.82, 2.24) is 0 Å². The van der Waals surface area contributed by atoms with E-state index in [0.717, 1.165) is 13.0 Å². The standard InChI is InChI=1S/C12H18O2/c1-11(2)14-10-13-9-8-12-6-4-3-5-7-12/h3-7,11H,8-10H2,1-2H3. The summed E-state index contributed by atoms with van der Waals surface area (Å²) in [7, 11) is 0. The van der Waals surface area contributed by atoms with Crippen LogP contribution in [0.25, 0.3) is 0 Å². The second-order valence-electron chi connectivity index (χ2n) is 3.48. The van der Waals surface area contributed by atoms with E-state index in [1.165, 1.54) is 5.56 Å². The van der Waals surface area contributed by atoms with E-state index in [2.05, 4.69) is 12.1 Å². The topological polar surface area (TPSA) is 18.5 Å². The Kier molecular flexibility index (Phi) is 5.27. The maximum atomic E-state index is 5.33. The Morgan fingerprint density at radius 2 is 1.86 bits per heavy atom. The summed E-state index contributed by atoms with van der Waals surface area (Å²) in [4.78, 5) is 0. The van der Waals surface area contributed by atoms with Crippen molar-refractivity contribution in [3.05, 3.63) is 35.9 Å². The second-order valence-corrected chi connectivity index (χ2v) is 3.48. The third kappa shape index (κ3) is 5.00. The number of rotatable bonds is 6. The molecule has 0 aromatic heterocycles. The van der Waals surface area contributed by atoms with Crippen molar-refractivity contribution in [1.29, 1.82) is 0 Å². The Morgan fingerprint density at radius 3 is 2.50 bits per heavy atom. The van der Waals surface area contributed by atoms with Crippen molar-refractivity contribution >= 4 is 0 Å². The molecule has 0 aliphatic rings. The lowest BCUT2D eigenvalue weighted by Crippen LogP contribution is -2.08. The van der Waals surface area contributed by atoms with Gasteiger partial charge in [0.15, 0.2) is 0 Å². The molecule has 0 unspecified atom stereocenters. The van der Waals surface area contributed by atoms with Gasteiger partial charge in [-0.25, -0.2) is 0 Å². The average molecular weight is 194 g/mol. The highest BCUT2D eigenvalue weighted by atomic mass is 16.7. The van der Waals surface area contributed by atoms with E-state index in [1.54, 1.807) is 0 Å². The van der Waals surface area contributed by atoms with Crippen LogP contribution in [-0.2, 0) is 15.9 Å². The lowest BCUT2D eigenvalue weighted by molar-refractivity contribution is -0.0774. The predicted molar refractivity (Wildman–Crippen MR) is 57.2 cm³/mol. The molecule has 1 aromatic carbocycles. The van der Waals surface area contributed by atoms with Crippen LogP contribution in [-0.4, -0.2) is 19.5 Å². The van der Waals surface area contributed by atoms with Crippen LogP contribution in [0.5, 0.6) is 0 Å². The van der Waals surface area contributed by atoms with E-state index in [9.17, 15) is 0 Å². The maximum Gasteiger partial charge on any atom is 0.147 e. The van der Waals surface area contributed by atoms with Crippen LogP contribution in [0.2, 0.25) is 0 Å². The first kappa shape index (κ1) is 11.2. The molecule has 14 heavy (non-hydrogen) atoms. The normalized spacial score (nSPS) is 10.8. The fraction of sp³-hybridized carbons (Fsp3) is 0.500. The zero-order valence-corrected chi connectivity index (χ0v) is 8.90. The molecule has 1 aromatic rings. The van der Waals surface area contributed by atoms with Crippen LogP contribution in [0, 0.1) is 0 Å². The Bertz CT molecular complexity index is 231. The predicted octanol–water partition coefficient (Wildman–Crippen LogP) is 2.63. The van der Waals surface area contributed by atoms with Crippen molar-refractivity contribution in [2.45, 2.75) is 26.4 Å². The van der Waals surface area contributed by atoms with Crippen LogP contribution in [0.4, 0.5) is 0 Å². The van der Waals surface area contributed by atoms with Crippen molar-refractivity contribution in [3.63, 3.8) is 0 Å². The third-order valence-corrected chi connectivity index (χ3v) is 1.86. The van der Waals surface area contributed by atoms with E-state index >= 15 is 0 Å². The van der Waals surface area contributed by atoms with E-state index in [0.29, 0.717) is 6.79 Å². The Labute approximate surface area is 85.8 Å². The smallest absolute Gasteiger partial charge is 0.147 e. The van der Waals surface area contributed by atoms with Crippen molar-refractivity contribution in [2.75, 3.05) is 13.4 Å². The van der Waals surface area contributed by atoms with Gasteiger partial charge in [-0.1, -0.05) is 30.3 Å². The van der Waals surface area contributed by atoms with Gasteiger partial charge in [0.2, 0.25) is 0 Å². The van der Waals surface area contributed by atoms with E-state index < -0.39 is 0 Å². The average Bonchev–Trinajstić information content (AvgIpc) is 2.18. The fourth-order valence-corrected chi connectivity index (χ4v) is 1.08. The molecular formula is C12H18O2. The van der Waals surface area contributed by atoms with Gasteiger partial charge in [-0.2, -0.15) is 0 Å². The first-order valence-electron chi connectivity index (χ1n) is 5.02. The van der Waals surface area contributed by atoms with Gasteiger partial charge < -0.3 is 9.47 Å². The quantitative estimate of drug-likeness (QED) is 0.512. The summed E-state index contributed by atoms with van der Waals surface area (Å²) in [5.41, 5.74) is 1.30. The zero-order chi connectivity index (χ0) is 10.2. The first-order valence-corrected chi connectivity index (χ1v) is 5.02. The molecule has 0 atom stereocenters. The summed E-state index contributed by atoms with van der Waals surface area (Å²) in [5.74, 6) is 0. The van der Waals surface area contributed by atoms with Gasteiger partial charge >= 0.3 is 0 Å². The molecular weight excluding hydrogens is 176 g/mol. The molecule has 0 saturated heterocycles. The van der Waals surface area contributed by atoms with Crippen LogP contribution < -0.4 is 0 Å². The SMILES string of the molecule is CC(C)OCOCCc1ccccc1. The zero-order valence-electron chi connectivity index (χ0n) is 8.90. The lowest BCUT2D eigenvalue weighted by Gasteiger charge is -2.07. The molecule has 0 fully saturated rings. The molecule has 0 aliphatic carbocycles. The number of hydrogen-bond acceptors (Lipinski definition) is 2. The van der Waals surface area contributed by atoms with Gasteiger partial charge in [0, 0.05) is 0 Å². The number of ether oxygens (including phenoxy) is 2. The summed E-state index contributed by atoms with van der Waals surface area (Å²) in [6.07, 6.45) is 1.19. The summed E-state index contributed by atoms with van der Waals surface area (Å²) in [6.45, 7) is 5.11. The highest BCUT2D eigenvalue weighted by Crippen LogP contribution is 1.99. The minimum atomic E-state index is 0.242. The van der Waals surface area contributed by atoms with Gasteiger partial charge in [0.05, 0.1) is 12.7 Å². The summed E-state index contributed by atoms with van der Waals surface area (Å²) in [5, 5.41) is 0. The highest BCUT2D eigenvalue weighted by Gasteiger charge is 1.94. The van der Waals surface area contributed by atoms with E-state index in [4.69, 9.17) is 9.47 Å². The number of benzene rings is 1. The summed E-state index contributed by atoms with van der Waals surface area (Å²) >= 11 is 0. The summed E-state index contributed by atoms with van der Waals surface area (Å²) < 4.78 is 10.6. The molecule has 0 radical (unpaired) electrons. The van der Waals surface area contributed by atoms with Gasteiger partial charge in [0.25, 0.3) is 0 Å². The molecule has 0 aliphatic heterocycles. The molecule has 2 nitrogen and oxygen atoms in total. The van der Waals surface area contributed by atoms with Crippen LogP contribution in [0.15, 0.2) is 30.3 Å². The monoisotopic (exact) mass is 194 g/mol. The molecule has 0 saturated carbocycles. The van der Waals surface area contributed by atoms with Crippen LogP contribution in [0.3, 0.4) is 0 Å². The molecule has 0 amide bonds. The Hall–Kier alpha value is -0.860. The van der Waals surface area contributed by atoms with Crippen LogP contribution in [0.1, 0.15) is 19.4 Å². The lowest BCUT2D eigenvalue weighted by atomic mass is 10.2. The largest absolute Gasteiger partial charge is 0.355 e. The van der Waals surface area contributed by atoms with E-state index in [1.807, 2.05) is 32.0 Å². The molecule has 0 N–H and O–H groups in total. The van der Waals surface area contributed by atoms with Crippen molar-refractivity contribution in [2.24, 2.45) is 0 Å². The highest BCUT2D eigenvalue weighted by molar-refractivity contribution is 5.14. The molecule has 0 heterocycles. The van der Waals surface area contributed by atoms with E-state index in [-0.39, 0.29) is 6.10 Å². The summed E-state index contributed by atoms with van der Waals surface area (Å²) in [6, 6.07) is 10.3. The molecule has 78 valence electrons. The van der Waals surface area contributed by atoms with Gasteiger partial charge in [-0.05, 0) is 25.8 Å². The minimum absolute atomic E-state index is 0.242. The molecule has 1 rings (SSSR count). The Morgan fingerprint density at radius 1 is 1.14 bits per heavy atom. The van der Waals surface area contributed by atoms with Gasteiger partial charge in [-0.3, -0.25) is 0 Å². The Balaban J connectivity index is 2.05. The van der Waals surface area contributed by atoms with Gasteiger partial charge in [-0.15, -0.1) is 0 Å². The molecule has 0 bridgehead atoms. The third-order valence-electron chi connectivity index (χ3n) is 1.86. The minimum Gasteiger partial charge on any atom is -0.355 e. The van der Waals surface area contributed by atoms with Crippen molar-refractivity contribution < 1.29 is 9.47 Å². The van der Waals surface area contributed by atoms with Crippen LogP contribution >= 0.6 is 0 Å². The maximum absolute atomic E-state index is 5.33. The molecule has 2 heteroatoms. The first-order chi connectivity index (χ1) is 6.79. The second kappa shape index (κ2) is 6.57. The fourth-order valence-electron chi connectivity index (χ4n) is 1.08.